The normalized spacial score (nSPS) is 28.3. The van der Waals surface area contributed by atoms with E-state index in [9.17, 15) is 10.2 Å². The van der Waals surface area contributed by atoms with Crippen molar-refractivity contribution >= 4 is 11.6 Å². The first kappa shape index (κ1) is 16.4. The standard InChI is InChI=1S/C19H22ClN3O3/c20-14-7-12(17(24)8-18(14)25)19-13-9-23(6-3-15(13)21-26-19)16-10-22-4-1-11(16)2-5-22/h7-8,11,16,24-25H,1-6,9-10H2. The minimum Gasteiger partial charge on any atom is -0.507 e. The summed E-state index contributed by atoms with van der Waals surface area (Å²) >= 11 is 6.04. The van der Waals surface area contributed by atoms with Gasteiger partial charge in [-0.3, -0.25) is 4.90 Å². The van der Waals surface area contributed by atoms with Gasteiger partial charge in [0.15, 0.2) is 5.76 Å². The second-order valence-electron chi connectivity index (χ2n) is 7.68. The molecule has 1 aromatic carbocycles. The minimum atomic E-state index is -0.143. The Balaban J connectivity index is 1.47. The predicted molar refractivity (Wildman–Crippen MR) is 97.3 cm³/mol. The van der Waals surface area contributed by atoms with Crippen LogP contribution in [0.4, 0.5) is 0 Å². The summed E-state index contributed by atoms with van der Waals surface area (Å²) in [6.45, 7) is 5.39. The first-order chi connectivity index (χ1) is 12.6. The number of hydrogen-bond acceptors (Lipinski definition) is 6. The van der Waals surface area contributed by atoms with Gasteiger partial charge in [0, 0.05) is 43.7 Å². The summed E-state index contributed by atoms with van der Waals surface area (Å²) < 4.78 is 5.59. The molecule has 1 atom stereocenters. The zero-order chi connectivity index (χ0) is 17.8. The van der Waals surface area contributed by atoms with Crippen LogP contribution in [0.3, 0.4) is 0 Å². The zero-order valence-electron chi connectivity index (χ0n) is 14.5. The number of halogens is 1. The van der Waals surface area contributed by atoms with Crippen LogP contribution in [0.2, 0.25) is 5.02 Å². The number of phenols is 2. The average molecular weight is 376 g/mol. The van der Waals surface area contributed by atoms with Crippen LogP contribution in [-0.2, 0) is 13.0 Å². The summed E-state index contributed by atoms with van der Waals surface area (Å²) in [5, 5.41) is 24.4. The van der Waals surface area contributed by atoms with Gasteiger partial charge in [-0.1, -0.05) is 16.8 Å². The van der Waals surface area contributed by atoms with Gasteiger partial charge in [-0.05, 0) is 37.9 Å². The van der Waals surface area contributed by atoms with E-state index in [2.05, 4.69) is 15.0 Å². The number of nitrogens with zero attached hydrogens (tertiary/aromatic N) is 3. The van der Waals surface area contributed by atoms with Crippen LogP contribution in [0.25, 0.3) is 11.3 Å². The Kier molecular flexibility index (Phi) is 3.88. The van der Waals surface area contributed by atoms with Crippen LogP contribution < -0.4 is 0 Å². The Morgan fingerprint density at radius 1 is 1.12 bits per heavy atom. The maximum absolute atomic E-state index is 10.3. The lowest BCUT2D eigenvalue weighted by atomic mass is 9.82. The number of piperidine rings is 3. The van der Waals surface area contributed by atoms with Gasteiger partial charge in [0.25, 0.3) is 0 Å². The molecular weight excluding hydrogens is 354 g/mol. The maximum atomic E-state index is 10.3. The summed E-state index contributed by atoms with van der Waals surface area (Å²) in [6.07, 6.45) is 3.44. The summed E-state index contributed by atoms with van der Waals surface area (Å²) in [7, 11) is 0. The second kappa shape index (κ2) is 6.15. The Morgan fingerprint density at radius 3 is 2.65 bits per heavy atom. The highest BCUT2D eigenvalue weighted by molar-refractivity contribution is 6.32. The average Bonchev–Trinajstić information content (AvgIpc) is 3.08. The quantitative estimate of drug-likeness (QED) is 0.840. The smallest absolute Gasteiger partial charge is 0.175 e. The molecule has 2 N–H and O–H groups in total. The molecule has 3 fully saturated rings. The number of hydrogen-bond donors (Lipinski definition) is 2. The second-order valence-corrected chi connectivity index (χ2v) is 8.09. The topological polar surface area (TPSA) is 73.0 Å². The van der Waals surface area contributed by atoms with E-state index in [1.807, 2.05) is 0 Å². The third kappa shape index (κ3) is 2.59. The zero-order valence-corrected chi connectivity index (χ0v) is 15.2. The Labute approximate surface area is 156 Å². The van der Waals surface area contributed by atoms with Gasteiger partial charge in [-0.2, -0.15) is 0 Å². The molecule has 6 nitrogen and oxygen atoms in total. The van der Waals surface area contributed by atoms with E-state index in [4.69, 9.17) is 16.1 Å². The van der Waals surface area contributed by atoms with Crippen molar-refractivity contribution in [2.45, 2.75) is 31.8 Å². The molecular formula is C19H22ClN3O3. The van der Waals surface area contributed by atoms with Crippen molar-refractivity contribution in [3.05, 3.63) is 28.4 Å². The number of aromatic hydroxyl groups is 2. The predicted octanol–water partition coefficient (Wildman–Crippen LogP) is 2.86. The monoisotopic (exact) mass is 375 g/mol. The molecule has 2 aromatic rings. The van der Waals surface area contributed by atoms with Crippen LogP contribution in [0, 0.1) is 5.92 Å². The lowest BCUT2D eigenvalue weighted by molar-refractivity contribution is -0.000858. The van der Waals surface area contributed by atoms with Crippen molar-refractivity contribution in [3.8, 4) is 22.8 Å². The van der Waals surface area contributed by atoms with Crippen LogP contribution in [0.15, 0.2) is 16.7 Å². The van der Waals surface area contributed by atoms with E-state index < -0.39 is 0 Å². The van der Waals surface area contributed by atoms with Gasteiger partial charge in [0.1, 0.15) is 11.5 Å². The molecule has 0 aliphatic carbocycles. The van der Waals surface area contributed by atoms with Crippen LogP contribution >= 0.6 is 11.6 Å². The molecule has 7 heteroatoms. The summed E-state index contributed by atoms with van der Waals surface area (Å²) in [6, 6.07) is 3.38. The highest BCUT2D eigenvalue weighted by Gasteiger charge is 2.39. The number of benzene rings is 1. The van der Waals surface area contributed by atoms with Gasteiger partial charge in [0.2, 0.25) is 0 Å². The van der Waals surface area contributed by atoms with Gasteiger partial charge in [-0.15, -0.1) is 0 Å². The highest BCUT2D eigenvalue weighted by atomic mass is 35.5. The third-order valence-electron chi connectivity index (χ3n) is 6.27. The van der Waals surface area contributed by atoms with Gasteiger partial charge < -0.3 is 19.6 Å². The number of aromatic nitrogens is 1. The summed E-state index contributed by atoms with van der Waals surface area (Å²) in [5.74, 6) is 1.15. The number of phenolic OH excluding ortho intramolecular Hbond substituents is 2. The third-order valence-corrected chi connectivity index (χ3v) is 6.57. The molecule has 138 valence electrons. The molecule has 0 amide bonds. The van der Waals surface area contributed by atoms with Gasteiger partial charge in [-0.25, -0.2) is 0 Å². The number of fused-ring (bicyclic) bond motifs is 4. The molecule has 6 rings (SSSR count). The molecule has 3 saturated heterocycles. The van der Waals surface area contributed by atoms with E-state index in [-0.39, 0.29) is 16.5 Å². The lowest BCUT2D eigenvalue weighted by Crippen LogP contribution is -2.58. The fourth-order valence-electron chi connectivity index (χ4n) is 4.81. The molecule has 5 heterocycles. The van der Waals surface area contributed by atoms with Crippen molar-refractivity contribution < 1.29 is 14.7 Å². The number of rotatable bonds is 2. The lowest BCUT2D eigenvalue weighted by Gasteiger charge is -2.49. The van der Waals surface area contributed by atoms with Crippen LogP contribution in [-0.4, -0.2) is 57.4 Å². The van der Waals surface area contributed by atoms with Crippen molar-refractivity contribution in [3.63, 3.8) is 0 Å². The fourth-order valence-corrected chi connectivity index (χ4v) is 4.97. The minimum absolute atomic E-state index is 0.0502. The molecule has 1 unspecified atom stereocenters. The van der Waals surface area contributed by atoms with Gasteiger partial charge >= 0.3 is 0 Å². The maximum Gasteiger partial charge on any atom is 0.175 e. The van der Waals surface area contributed by atoms with Crippen LogP contribution in [0.1, 0.15) is 24.1 Å². The van der Waals surface area contributed by atoms with E-state index in [0.717, 1.165) is 43.2 Å². The van der Waals surface area contributed by atoms with Crippen LogP contribution in [0.5, 0.6) is 11.5 Å². The summed E-state index contributed by atoms with van der Waals surface area (Å²) in [4.78, 5) is 5.12. The van der Waals surface area contributed by atoms with Crippen molar-refractivity contribution in [2.24, 2.45) is 5.92 Å². The molecule has 1 aromatic heterocycles. The Hall–Kier alpha value is -1.76. The Morgan fingerprint density at radius 2 is 1.92 bits per heavy atom. The highest BCUT2D eigenvalue weighted by Crippen LogP contribution is 2.41. The molecule has 26 heavy (non-hydrogen) atoms. The van der Waals surface area contributed by atoms with E-state index in [1.165, 1.54) is 32.0 Å². The molecule has 0 radical (unpaired) electrons. The first-order valence-electron chi connectivity index (χ1n) is 9.26. The van der Waals surface area contributed by atoms with Gasteiger partial charge in [0.05, 0.1) is 16.3 Å². The molecule has 0 saturated carbocycles. The van der Waals surface area contributed by atoms with E-state index >= 15 is 0 Å². The first-order valence-corrected chi connectivity index (χ1v) is 9.63. The van der Waals surface area contributed by atoms with E-state index in [0.29, 0.717) is 17.4 Å². The molecule has 2 bridgehead atoms. The van der Waals surface area contributed by atoms with Crippen molar-refractivity contribution in [1.82, 2.24) is 15.0 Å². The van der Waals surface area contributed by atoms with Crippen molar-refractivity contribution in [1.29, 1.82) is 0 Å². The fraction of sp³-hybridized carbons (Fsp3) is 0.526. The van der Waals surface area contributed by atoms with E-state index in [1.54, 1.807) is 6.07 Å². The molecule has 4 aliphatic rings. The summed E-state index contributed by atoms with van der Waals surface area (Å²) in [5.41, 5.74) is 2.48. The SMILES string of the molecule is Oc1cc(O)c(-c2onc3c2CN(C2CN4CCC2CC4)CC3)cc1Cl. The Bertz CT molecular complexity index is 845. The van der Waals surface area contributed by atoms with Crippen molar-refractivity contribution in [2.75, 3.05) is 26.2 Å². The largest absolute Gasteiger partial charge is 0.507 e. The molecule has 4 aliphatic heterocycles. The molecule has 0 spiro atoms.